The van der Waals surface area contributed by atoms with Crippen molar-refractivity contribution in [2.45, 2.75) is 0 Å². The number of hydrogen-bond donors (Lipinski definition) is 2. The van der Waals surface area contributed by atoms with Crippen molar-refractivity contribution in [2.75, 3.05) is 11.5 Å². The highest BCUT2D eigenvalue weighted by atomic mass is 32.2. The van der Waals surface area contributed by atoms with Crippen LogP contribution in [0, 0.1) is 0 Å². The summed E-state index contributed by atoms with van der Waals surface area (Å²) in [5, 5.41) is 6.16. The molecule has 0 radical (unpaired) electrons. The summed E-state index contributed by atoms with van der Waals surface area (Å²) in [6.07, 6.45) is 1.39. The van der Waals surface area contributed by atoms with E-state index >= 15 is 0 Å². The van der Waals surface area contributed by atoms with Gasteiger partial charge in [0.1, 0.15) is 11.7 Å². The van der Waals surface area contributed by atoms with Crippen LogP contribution in [-0.2, 0) is 4.79 Å². The molecule has 0 unspecified atom stereocenters. The summed E-state index contributed by atoms with van der Waals surface area (Å²) in [7, 11) is 0. The number of aromatic nitrogens is 4. The maximum Gasteiger partial charge on any atom is 0.227 e. The molecule has 7 nitrogen and oxygen atoms in total. The van der Waals surface area contributed by atoms with Gasteiger partial charge in [-0.25, -0.2) is 9.97 Å². The number of fused-ring (bicyclic) bond motifs is 1. The lowest BCUT2D eigenvalue weighted by Crippen LogP contribution is -2.13. The molecule has 0 saturated heterocycles. The van der Waals surface area contributed by atoms with Crippen molar-refractivity contribution in [3.8, 4) is 0 Å². The zero-order chi connectivity index (χ0) is 10.8. The van der Waals surface area contributed by atoms with E-state index in [-0.39, 0.29) is 17.6 Å². The number of thioether (sulfide) groups is 1. The number of nitrogens with zero attached hydrogens (tertiary/aromatic N) is 4. The summed E-state index contributed by atoms with van der Waals surface area (Å²) in [5.74, 6) is 0.0919. The smallest absolute Gasteiger partial charge is 0.227 e. The second-order valence-corrected chi connectivity index (χ2v) is 3.60. The highest BCUT2D eigenvalue weighted by molar-refractivity contribution is 8.07. The number of nitrogens with two attached hydrogens (primary N) is 2. The van der Waals surface area contributed by atoms with E-state index in [9.17, 15) is 4.79 Å². The van der Waals surface area contributed by atoms with Crippen molar-refractivity contribution in [3.05, 3.63) is 11.7 Å². The van der Waals surface area contributed by atoms with Crippen LogP contribution >= 0.6 is 11.8 Å². The van der Waals surface area contributed by atoms with Crippen LogP contribution in [0.15, 0.2) is 6.33 Å². The molecule has 0 aliphatic heterocycles. The summed E-state index contributed by atoms with van der Waals surface area (Å²) in [6, 6.07) is 0. The summed E-state index contributed by atoms with van der Waals surface area (Å²) >= 11 is 1.25. The summed E-state index contributed by atoms with van der Waals surface area (Å²) in [4.78, 5) is 18.5. The van der Waals surface area contributed by atoms with Gasteiger partial charge in [0.05, 0.1) is 5.75 Å². The molecule has 1 amide bonds. The molecule has 0 saturated carbocycles. The molecule has 78 valence electrons. The van der Waals surface area contributed by atoms with Gasteiger partial charge in [-0.05, 0) is 0 Å². The second kappa shape index (κ2) is 3.73. The zero-order valence-electron chi connectivity index (χ0n) is 7.62. The van der Waals surface area contributed by atoms with Gasteiger partial charge in [0.15, 0.2) is 5.65 Å². The third-order valence-corrected chi connectivity index (χ3v) is 2.49. The fourth-order valence-corrected chi connectivity index (χ4v) is 1.65. The van der Waals surface area contributed by atoms with Gasteiger partial charge in [0.2, 0.25) is 11.9 Å². The van der Waals surface area contributed by atoms with Crippen LogP contribution in [-0.4, -0.2) is 31.2 Å². The molecule has 0 bridgehead atoms. The number of imidazole rings is 1. The van der Waals surface area contributed by atoms with Crippen LogP contribution in [0.3, 0.4) is 0 Å². The van der Waals surface area contributed by atoms with Gasteiger partial charge >= 0.3 is 0 Å². The Morgan fingerprint density at radius 2 is 2.47 bits per heavy atom. The molecule has 2 aromatic rings. The molecule has 2 heterocycles. The lowest BCUT2D eigenvalue weighted by Gasteiger charge is -1.85. The van der Waals surface area contributed by atoms with Gasteiger partial charge in [0.25, 0.3) is 0 Å². The largest absolute Gasteiger partial charge is 0.369 e. The molecule has 8 heteroatoms. The first-order chi connectivity index (χ1) is 7.18. The van der Waals surface area contributed by atoms with Gasteiger partial charge in [0, 0.05) is 5.41 Å². The van der Waals surface area contributed by atoms with Gasteiger partial charge in [-0.3, -0.25) is 4.79 Å². The number of rotatable bonds is 3. The highest BCUT2D eigenvalue weighted by Gasteiger charge is 2.05. The summed E-state index contributed by atoms with van der Waals surface area (Å²) in [6.45, 7) is 0. The van der Waals surface area contributed by atoms with E-state index < -0.39 is 0 Å². The van der Waals surface area contributed by atoms with Crippen LogP contribution in [0.1, 0.15) is 0 Å². The van der Waals surface area contributed by atoms with Crippen LogP contribution < -0.4 is 16.8 Å². The van der Waals surface area contributed by atoms with E-state index in [1.807, 2.05) is 0 Å². The Kier molecular flexibility index (Phi) is 2.42. The first-order valence-corrected chi connectivity index (χ1v) is 5.08. The first kappa shape index (κ1) is 9.71. The van der Waals surface area contributed by atoms with Crippen molar-refractivity contribution in [1.29, 1.82) is 0 Å². The Hall–Kier alpha value is -1.83. The van der Waals surface area contributed by atoms with Gasteiger partial charge in [-0.1, -0.05) is 0 Å². The Morgan fingerprint density at radius 3 is 3.20 bits per heavy atom. The highest BCUT2D eigenvalue weighted by Crippen LogP contribution is 2.02. The van der Waals surface area contributed by atoms with Crippen LogP contribution in [0.5, 0.6) is 0 Å². The van der Waals surface area contributed by atoms with Gasteiger partial charge < -0.3 is 11.5 Å². The minimum atomic E-state index is -0.381. The SMILES string of the molecule is NC(=O)CSC=c1nc(N)n2ncnc12. The average Bonchev–Trinajstić information content (AvgIpc) is 2.71. The second-order valence-electron chi connectivity index (χ2n) is 2.75. The lowest BCUT2D eigenvalue weighted by atomic mass is 10.7. The molecule has 2 rings (SSSR count). The molecule has 0 spiro atoms. The molecule has 0 atom stereocenters. The van der Waals surface area contributed by atoms with Crippen molar-refractivity contribution in [1.82, 2.24) is 19.6 Å². The predicted molar refractivity (Wildman–Crippen MR) is 56.5 cm³/mol. The monoisotopic (exact) mass is 224 g/mol. The first-order valence-electron chi connectivity index (χ1n) is 4.03. The molecular formula is C7H8N6OS. The Morgan fingerprint density at radius 1 is 1.67 bits per heavy atom. The van der Waals surface area contributed by atoms with Crippen LogP contribution in [0.2, 0.25) is 0 Å². The van der Waals surface area contributed by atoms with Gasteiger partial charge in [-0.2, -0.15) is 9.61 Å². The number of amides is 1. The Balaban J connectivity index is 2.34. The third kappa shape index (κ3) is 1.84. The van der Waals surface area contributed by atoms with Crippen molar-refractivity contribution >= 4 is 34.7 Å². The molecule has 0 aromatic carbocycles. The van der Waals surface area contributed by atoms with E-state index in [1.54, 1.807) is 5.41 Å². The topological polar surface area (TPSA) is 112 Å². The maximum atomic E-state index is 10.5. The molecule has 0 aliphatic rings. The standard InChI is InChI=1S/C7H8N6OS/c8-5(14)2-15-1-4-6-10-3-11-13(6)7(9)12-4/h1,3H,2H2,(H2,8,14)(H2,9,12). The van der Waals surface area contributed by atoms with E-state index in [1.165, 1.54) is 22.6 Å². The Bertz CT molecular complexity index is 549. The van der Waals surface area contributed by atoms with E-state index in [4.69, 9.17) is 11.5 Å². The number of carbonyl (C=O) groups is 1. The van der Waals surface area contributed by atoms with Crippen molar-refractivity contribution in [2.24, 2.45) is 5.73 Å². The van der Waals surface area contributed by atoms with Crippen LogP contribution in [0.4, 0.5) is 5.95 Å². The number of anilines is 1. The average molecular weight is 224 g/mol. The molecule has 15 heavy (non-hydrogen) atoms. The normalized spacial score (nSPS) is 12.4. The maximum absolute atomic E-state index is 10.5. The number of carbonyl (C=O) groups excluding carboxylic acids is 1. The molecule has 4 N–H and O–H groups in total. The van der Waals surface area contributed by atoms with Crippen molar-refractivity contribution in [3.63, 3.8) is 0 Å². The van der Waals surface area contributed by atoms with E-state index in [2.05, 4.69) is 15.1 Å². The van der Waals surface area contributed by atoms with E-state index in [0.717, 1.165) is 0 Å². The molecule has 0 aliphatic carbocycles. The van der Waals surface area contributed by atoms with Gasteiger partial charge in [-0.15, -0.1) is 11.8 Å². The number of nitrogen functional groups attached to an aromatic ring is 1. The lowest BCUT2D eigenvalue weighted by molar-refractivity contribution is -0.115. The Labute approximate surface area is 88.5 Å². The molecule has 2 aromatic heterocycles. The van der Waals surface area contributed by atoms with Crippen molar-refractivity contribution < 1.29 is 4.79 Å². The fraction of sp³-hybridized carbons (Fsp3) is 0.143. The predicted octanol–water partition coefficient (Wildman–Crippen LogP) is -1.62. The zero-order valence-corrected chi connectivity index (χ0v) is 8.44. The fourth-order valence-electron chi connectivity index (χ4n) is 1.09. The third-order valence-electron chi connectivity index (χ3n) is 1.65. The molecule has 0 fully saturated rings. The minimum Gasteiger partial charge on any atom is -0.369 e. The molecular weight excluding hydrogens is 216 g/mol. The van der Waals surface area contributed by atoms with E-state index in [0.29, 0.717) is 11.0 Å². The summed E-state index contributed by atoms with van der Waals surface area (Å²) in [5.41, 5.74) is 11.2. The minimum absolute atomic E-state index is 0.201. The van der Waals surface area contributed by atoms with Crippen LogP contribution in [0.25, 0.3) is 11.1 Å². The quantitative estimate of drug-likeness (QED) is 0.648. The summed E-state index contributed by atoms with van der Waals surface area (Å²) < 4.78 is 1.43. The number of hydrogen-bond acceptors (Lipinski definition) is 6. The number of primary amides is 1.